The molecular weight excluding hydrogens is 424 g/mol. The highest BCUT2D eigenvalue weighted by atomic mass is 31.3. The molecule has 150 valence electrons. The fourth-order valence-corrected chi connectivity index (χ4v) is 4.84. The molecule has 0 saturated carbocycles. The van der Waals surface area contributed by atoms with E-state index in [1.165, 1.54) is 7.11 Å². The Morgan fingerprint density at radius 2 is 1.77 bits per heavy atom. The van der Waals surface area contributed by atoms with Gasteiger partial charge in [0.15, 0.2) is 0 Å². The van der Waals surface area contributed by atoms with Gasteiger partial charge in [-0.25, -0.2) is 18.5 Å². The van der Waals surface area contributed by atoms with Crippen molar-refractivity contribution in [1.82, 2.24) is 0 Å². The highest BCUT2D eigenvalue weighted by molar-refractivity contribution is 7.66. The molecule has 0 aromatic heterocycles. The highest BCUT2D eigenvalue weighted by Crippen LogP contribution is 2.66. The van der Waals surface area contributed by atoms with Crippen LogP contribution in [0.25, 0.3) is 0 Å². The molecule has 0 bridgehead atoms. The Morgan fingerprint density at radius 3 is 2.31 bits per heavy atom. The summed E-state index contributed by atoms with van der Waals surface area (Å²) in [7, 11) is -9.65. The third-order valence-corrected chi connectivity index (χ3v) is 6.39. The molecule has 2 radical (unpaired) electrons. The van der Waals surface area contributed by atoms with E-state index in [-0.39, 0.29) is 13.0 Å². The van der Waals surface area contributed by atoms with E-state index in [1.54, 1.807) is 0 Å². The zero-order valence-corrected chi connectivity index (χ0v) is 15.8. The average Bonchev–Trinajstić information content (AvgIpc) is 2.72. The second-order valence-corrected chi connectivity index (χ2v) is 9.22. The van der Waals surface area contributed by atoms with Gasteiger partial charge in [-0.2, -0.15) is 8.62 Å². The molecule has 1 heterocycles. The summed E-state index contributed by atoms with van der Waals surface area (Å²) in [4.78, 5) is 46.6. The minimum absolute atomic E-state index is 0.0277. The standard InChI is InChI=1S/C8H16BO14P3/c1-18-4-8(10)21-5-2-7(9)20-6(5)3-19-25(14,15)23-26(16,17)22-24(11,12)13/h5-7H,2-4H2,1H3,(H,14,15)(H,16,17)(H2,11,12,13). The number of hydrogen-bond donors (Lipinski definition) is 4. The van der Waals surface area contributed by atoms with Crippen molar-refractivity contribution in [2.24, 2.45) is 0 Å². The van der Waals surface area contributed by atoms with Crippen molar-refractivity contribution >= 4 is 37.3 Å². The van der Waals surface area contributed by atoms with Gasteiger partial charge in [-0.1, -0.05) is 0 Å². The topological polar surface area (TPSA) is 205 Å². The Hall–Kier alpha value is -0.135. The van der Waals surface area contributed by atoms with E-state index in [0.717, 1.165) is 0 Å². The van der Waals surface area contributed by atoms with Gasteiger partial charge in [-0.3, -0.25) is 4.52 Å². The van der Waals surface area contributed by atoms with Gasteiger partial charge in [0.25, 0.3) is 0 Å². The average molecular weight is 440 g/mol. The van der Waals surface area contributed by atoms with Gasteiger partial charge in [0.2, 0.25) is 0 Å². The molecule has 0 aliphatic carbocycles. The van der Waals surface area contributed by atoms with E-state index in [2.05, 4.69) is 17.9 Å². The van der Waals surface area contributed by atoms with E-state index >= 15 is 0 Å². The molecule has 14 nitrogen and oxygen atoms in total. The lowest BCUT2D eigenvalue weighted by Gasteiger charge is -2.21. The van der Waals surface area contributed by atoms with Crippen molar-refractivity contribution in [3.63, 3.8) is 0 Å². The molecule has 0 amide bonds. The predicted molar refractivity (Wildman–Crippen MR) is 80.6 cm³/mol. The largest absolute Gasteiger partial charge is 0.490 e. The summed E-state index contributed by atoms with van der Waals surface area (Å²) in [6.45, 7) is -1.14. The Bertz CT molecular complexity index is 634. The maximum absolute atomic E-state index is 11.6. The minimum Gasteiger partial charge on any atom is -0.458 e. The SMILES string of the molecule is [B]C1CC(OC(=O)COC)C(COP(=O)(O)OP(=O)(O)OP(=O)(O)O)O1. The number of phosphoric ester groups is 1. The molecule has 4 N–H and O–H groups in total. The summed E-state index contributed by atoms with van der Waals surface area (Å²) < 4.78 is 59.5. The van der Waals surface area contributed by atoms with Crippen molar-refractivity contribution in [2.45, 2.75) is 24.6 Å². The van der Waals surface area contributed by atoms with Crippen LogP contribution in [-0.2, 0) is 45.8 Å². The molecule has 1 saturated heterocycles. The lowest BCUT2D eigenvalue weighted by Crippen LogP contribution is -2.32. The van der Waals surface area contributed by atoms with E-state index in [9.17, 15) is 23.4 Å². The molecule has 0 aromatic carbocycles. The van der Waals surface area contributed by atoms with Crippen LogP contribution in [0, 0.1) is 0 Å². The van der Waals surface area contributed by atoms with Gasteiger partial charge in [-0.15, -0.1) is 0 Å². The Kier molecular flexibility index (Phi) is 8.62. The first-order valence-corrected chi connectivity index (χ1v) is 11.1. The summed E-state index contributed by atoms with van der Waals surface area (Å²) in [6, 6.07) is -0.884. The van der Waals surface area contributed by atoms with E-state index < -0.39 is 54.3 Å². The first-order chi connectivity index (χ1) is 11.7. The predicted octanol–water partition coefficient (Wildman–Crippen LogP) is -0.829. The Morgan fingerprint density at radius 1 is 1.15 bits per heavy atom. The maximum atomic E-state index is 11.6. The fourth-order valence-electron chi connectivity index (χ4n) is 1.81. The zero-order valence-electron chi connectivity index (χ0n) is 13.1. The van der Waals surface area contributed by atoms with Crippen molar-refractivity contribution in [2.75, 3.05) is 20.3 Å². The van der Waals surface area contributed by atoms with Gasteiger partial charge >= 0.3 is 29.4 Å². The number of rotatable bonds is 10. The monoisotopic (exact) mass is 440 g/mol. The number of carbonyl (C=O) groups excluding carboxylic acids is 1. The number of ether oxygens (including phenoxy) is 3. The maximum Gasteiger partial charge on any atom is 0.490 e. The highest BCUT2D eigenvalue weighted by Gasteiger charge is 2.43. The van der Waals surface area contributed by atoms with E-state index in [0.29, 0.717) is 0 Å². The Labute approximate surface area is 148 Å². The number of methoxy groups -OCH3 is 1. The third kappa shape index (κ3) is 9.18. The van der Waals surface area contributed by atoms with Crippen LogP contribution in [0.5, 0.6) is 0 Å². The molecule has 1 aliphatic heterocycles. The lowest BCUT2D eigenvalue weighted by atomic mass is 9.96. The number of carbonyl (C=O) groups is 1. The van der Waals surface area contributed by atoms with Crippen LogP contribution in [0.1, 0.15) is 6.42 Å². The number of hydrogen-bond acceptors (Lipinski definition) is 10. The number of phosphoric acid groups is 3. The normalized spacial score (nSPS) is 28.3. The first-order valence-electron chi connectivity index (χ1n) is 6.61. The van der Waals surface area contributed by atoms with Crippen LogP contribution in [-0.4, -0.2) is 71.9 Å². The summed E-state index contributed by atoms with van der Waals surface area (Å²) in [6.07, 6.45) is -2.07. The van der Waals surface area contributed by atoms with Gasteiger partial charge in [0.05, 0.1) is 6.61 Å². The van der Waals surface area contributed by atoms with Crippen LogP contribution in [0.4, 0.5) is 0 Å². The van der Waals surface area contributed by atoms with Crippen LogP contribution in [0.3, 0.4) is 0 Å². The number of esters is 1. The molecule has 1 fully saturated rings. The van der Waals surface area contributed by atoms with Crippen molar-refractivity contribution in [3.05, 3.63) is 0 Å². The van der Waals surface area contributed by atoms with Gasteiger partial charge in [-0.05, 0) is 0 Å². The second-order valence-electron chi connectivity index (χ2n) is 4.80. The molecule has 18 heteroatoms. The summed E-state index contributed by atoms with van der Waals surface area (Å²) >= 11 is 0. The van der Waals surface area contributed by atoms with Crippen LogP contribution >= 0.6 is 23.5 Å². The van der Waals surface area contributed by atoms with Crippen LogP contribution in [0.15, 0.2) is 0 Å². The molecule has 1 rings (SSSR count). The summed E-state index contributed by atoms with van der Waals surface area (Å²) in [5, 5.41) is 0. The quantitative estimate of drug-likeness (QED) is 0.186. The third-order valence-electron chi connectivity index (χ3n) is 2.59. The molecule has 1 aliphatic rings. The minimum atomic E-state index is -5.62. The second kappa shape index (κ2) is 9.38. The molecular formula is C8H16BO14P3. The molecule has 0 aromatic rings. The van der Waals surface area contributed by atoms with Gasteiger partial charge in [0, 0.05) is 19.5 Å². The molecule has 5 atom stereocenters. The van der Waals surface area contributed by atoms with Crippen molar-refractivity contribution < 1.29 is 65.4 Å². The van der Waals surface area contributed by atoms with E-state index in [1.807, 2.05) is 0 Å². The van der Waals surface area contributed by atoms with Crippen LogP contribution in [0.2, 0.25) is 0 Å². The summed E-state index contributed by atoms with van der Waals surface area (Å²) in [5.74, 6) is -0.765. The van der Waals surface area contributed by atoms with Crippen molar-refractivity contribution in [3.8, 4) is 0 Å². The molecule has 26 heavy (non-hydrogen) atoms. The molecule has 0 spiro atoms. The van der Waals surface area contributed by atoms with Crippen molar-refractivity contribution in [1.29, 1.82) is 0 Å². The van der Waals surface area contributed by atoms with Crippen LogP contribution < -0.4 is 0 Å². The summed E-state index contributed by atoms with van der Waals surface area (Å²) in [5.41, 5.74) is 0. The zero-order chi connectivity index (χ0) is 20.2. The van der Waals surface area contributed by atoms with E-state index in [4.69, 9.17) is 32.0 Å². The molecule has 5 unspecified atom stereocenters. The van der Waals surface area contributed by atoms with Gasteiger partial charge < -0.3 is 33.8 Å². The fraction of sp³-hybridized carbons (Fsp3) is 0.875. The smallest absolute Gasteiger partial charge is 0.458 e. The Balaban J connectivity index is 2.64. The first kappa shape index (κ1) is 23.9. The lowest BCUT2D eigenvalue weighted by molar-refractivity contribution is -0.156. The van der Waals surface area contributed by atoms with Gasteiger partial charge in [0.1, 0.15) is 26.7 Å².